The minimum Gasteiger partial charge on any atom is -0.507 e. The Hall–Kier alpha value is -1.84. The summed E-state index contributed by atoms with van der Waals surface area (Å²) in [7, 11) is 0. The summed E-state index contributed by atoms with van der Waals surface area (Å²) in [6.45, 7) is 1.86. The van der Waals surface area contributed by atoms with Crippen LogP contribution in [0.1, 0.15) is 48.0 Å². The van der Waals surface area contributed by atoms with Crippen LogP contribution in [0.4, 0.5) is 0 Å². The standard InChI is InChI=1S/C14H18O4/c1-10-7-8-13(16)11(9-10)12(15)5-3-2-4-6-14(17)18/h7-9,16H,2-6H2,1H3,(H,17,18). The molecule has 0 fully saturated rings. The number of aromatic hydroxyl groups is 1. The van der Waals surface area contributed by atoms with Crippen molar-refractivity contribution in [1.29, 1.82) is 0 Å². The normalized spacial score (nSPS) is 10.3. The third-order valence-corrected chi connectivity index (χ3v) is 2.75. The lowest BCUT2D eigenvalue weighted by Crippen LogP contribution is -2.00. The number of carboxylic acids is 1. The molecule has 0 unspecified atom stereocenters. The third-order valence-electron chi connectivity index (χ3n) is 2.75. The van der Waals surface area contributed by atoms with E-state index < -0.39 is 5.97 Å². The molecule has 0 spiro atoms. The van der Waals surface area contributed by atoms with Crippen LogP contribution in [0.5, 0.6) is 5.75 Å². The molecule has 0 radical (unpaired) electrons. The van der Waals surface area contributed by atoms with Gasteiger partial charge in [0.05, 0.1) is 5.56 Å². The van der Waals surface area contributed by atoms with Crippen molar-refractivity contribution in [3.8, 4) is 5.75 Å². The number of hydrogen-bond acceptors (Lipinski definition) is 3. The summed E-state index contributed by atoms with van der Waals surface area (Å²) in [5.41, 5.74) is 1.29. The van der Waals surface area contributed by atoms with Gasteiger partial charge >= 0.3 is 5.97 Å². The van der Waals surface area contributed by atoms with Gasteiger partial charge in [-0.15, -0.1) is 0 Å². The molecule has 18 heavy (non-hydrogen) atoms. The number of rotatable bonds is 7. The Labute approximate surface area is 106 Å². The van der Waals surface area contributed by atoms with Gasteiger partial charge in [0.25, 0.3) is 0 Å². The molecule has 0 amide bonds. The molecule has 0 heterocycles. The van der Waals surface area contributed by atoms with E-state index in [1.807, 2.05) is 6.92 Å². The summed E-state index contributed by atoms with van der Waals surface area (Å²) in [4.78, 5) is 22.1. The van der Waals surface area contributed by atoms with Gasteiger partial charge in [0.1, 0.15) is 5.75 Å². The van der Waals surface area contributed by atoms with E-state index in [0.29, 0.717) is 31.2 Å². The van der Waals surface area contributed by atoms with Gasteiger partial charge in [0, 0.05) is 12.8 Å². The first-order valence-corrected chi connectivity index (χ1v) is 6.05. The van der Waals surface area contributed by atoms with Crippen LogP contribution in [-0.2, 0) is 4.79 Å². The summed E-state index contributed by atoms with van der Waals surface area (Å²) in [5.74, 6) is -0.889. The van der Waals surface area contributed by atoms with Crippen LogP contribution in [0.25, 0.3) is 0 Å². The maximum atomic E-state index is 11.8. The average Bonchev–Trinajstić information content (AvgIpc) is 2.31. The SMILES string of the molecule is Cc1ccc(O)c(C(=O)CCCCCC(=O)O)c1. The first-order valence-electron chi connectivity index (χ1n) is 6.05. The van der Waals surface area contributed by atoms with Crippen LogP contribution in [0.3, 0.4) is 0 Å². The largest absolute Gasteiger partial charge is 0.507 e. The molecular formula is C14H18O4. The summed E-state index contributed by atoms with van der Waals surface area (Å²) >= 11 is 0. The molecular weight excluding hydrogens is 232 g/mol. The van der Waals surface area contributed by atoms with Gasteiger partial charge in [-0.25, -0.2) is 0 Å². The highest BCUT2D eigenvalue weighted by Crippen LogP contribution is 2.20. The number of phenolic OH excluding ortho intramolecular Hbond substituents is 1. The van der Waals surface area contributed by atoms with Crippen molar-refractivity contribution in [2.24, 2.45) is 0 Å². The summed E-state index contributed by atoms with van der Waals surface area (Å²) < 4.78 is 0. The minimum absolute atomic E-state index is 0.0103. The van der Waals surface area contributed by atoms with E-state index in [1.54, 1.807) is 12.1 Å². The molecule has 1 aromatic carbocycles. The molecule has 0 aliphatic carbocycles. The van der Waals surface area contributed by atoms with Gasteiger partial charge in [-0.1, -0.05) is 18.1 Å². The van der Waals surface area contributed by atoms with Gasteiger partial charge in [-0.2, -0.15) is 0 Å². The Bertz CT molecular complexity index is 437. The highest BCUT2D eigenvalue weighted by Gasteiger charge is 2.10. The van der Waals surface area contributed by atoms with Gasteiger partial charge in [0.2, 0.25) is 0 Å². The summed E-state index contributed by atoms with van der Waals surface area (Å²) in [6, 6.07) is 4.95. The quantitative estimate of drug-likeness (QED) is 0.576. The van der Waals surface area contributed by atoms with E-state index in [2.05, 4.69) is 0 Å². The molecule has 0 saturated carbocycles. The van der Waals surface area contributed by atoms with E-state index in [9.17, 15) is 14.7 Å². The zero-order valence-electron chi connectivity index (χ0n) is 10.5. The van der Waals surface area contributed by atoms with Crippen molar-refractivity contribution in [3.63, 3.8) is 0 Å². The van der Waals surface area contributed by atoms with Crippen LogP contribution in [-0.4, -0.2) is 22.0 Å². The van der Waals surface area contributed by atoms with Crippen molar-refractivity contribution < 1.29 is 19.8 Å². The van der Waals surface area contributed by atoms with Crippen LogP contribution in [0, 0.1) is 6.92 Å². The zero-order valence-corrected chi connectivity index (χ0v) is 10.5. The Morgan fingerprint density at radius 1 is 1.11 bits per heavy atom. The summed E-state index contributed by atoms with van der Waals surface area (Å²) in [6.07, 6.45) is 2.44. The maximum Gasteiger partial charge on any atom is 0.303 e. The predicted molar refractivity (Wildman–Crippen MR) is 67.9 cm³/mol. The first kappa shape index (κ1) is 14.2. The van der Waals surface area contributed by atoms with Crippen LogP contribution in [0.2, 0.25) is 0 Å². The van der Waals surface area contributed by atoms with Gasteiger partial charge in [-0.05, 0) is 31.9 Å². The fourth-order valence-electron chi connectivity index (χ4n) is 1.75. The van der Waals surface area contributed by atoms with E-state index >= 15 is 0 Å². The molecule has 1 aromatic rings. The molecule has 2 N–H and O–H groups in total. The van der Waals surface area contributed by atoms with Crippen molar-refractivity contribution in [2.75, 3.05) is 0 Å². The fourth-order valence-corrected chi connectivity index (χ4v) is 1.75. The average molecular weight is 250 g/mol. The van der Waals surface area contributed by atoms with Gasteiger partial charge in [-0.3, -0.25) is 9.59 Å². The van der Waals surface area contributed by atoms with Gasteiger partial charge < -0.3 is 10.2 Å². The van der Waals surface area contributed by atoms with E-state index in [4.69, 9.17) is 5.11 Å². The van der Waals surface area contributed by atoms with Crippen molar-refractivity contribution in [3.05, 3.63) is 29.3 Å². The second-order valence-corrected chi connectivity index (χ2v) is 4.40. The predicted octanol–water partition coefficient (Wildman–Crippen LogP) is 2.92. The molecule has 0 bridgehead atoms. The molecule has 4 nitrogen and oxygen atoms in total. The number of Topliss-reactive ketones (excluding diaryl/α,β-unsaturated/α-hetero) is 1. The second kappa shape index (κ2) is 6.79. The first-order chi connectivity index (χ1) is 8.50. The molecule has 0 aromatic heterocycles. The van der Waals surface area contributed by atoms with E-state index in [1.165, 1.54) is 6.07 Å². The Morgan fingerprint density at radius 2 is 1.78 bits per heavy atom. The topological polar surface area (TPSA) is 74.6 Å². The number of aliphatic carboxylic acids is 1. The number of phenols is 1. The fraction of sp³-hybridized carbons (Fsp3) is 0.429. The maximum absolute atomic E-state index is 11.8. The number of carbonyl (C=O) groups is 2. The highest BCUT2D eigenvalue weighted by molar-refractivity contribution is 5.98. The lowest BCUT2D eigenvalue weighted by molar-refractivity contribution is -0.137. The Balaban J connectivity index is 2.41. The van der Waals surface area contributed by atoms with Crippen LogP contribution >= 0.6 is 0 Å². The molecule has 0 atom stereocenters. The van der Waals surface area contributed by atoms with Crippen LogP contribution in [0.15, 0.2) is 18.2 Å². The highest BCUT2D eigenvalue weighted by atomic mass is 16.4. The number of hydrogen-bond donors (Lipinski definition) is 2. The Kier molecular flexibility index (Phi) is 5.36. The number of unbranched alkanes of at least 4 members (excludes halogenated alkanes) is 2. The minimum atomic E-state index is -0.808. The molecule has 0 aliphatic rings. The van der Waals surface area contributed by atoms with E-state index in [0.717, 1.165) is 5.56 Å². The van der Waals surface area contributed by atoms with Crippen LogP contribution < -0.4 is 0 Å². The number of ketones is 1. The van der Waals surface area contributed by atoms with Crippen molar-refractivity contribution >= 4 is 11.8 Å². The number of carbonyl (C=O) groups excluding carboxylic acids is 1. The second-order valence-electron chi connectivity index (χ2n) is 4.40. The lowest BCUT2D eigenvalue weighted by Gasteiger charge is -2.05. The molecule has 0 saturated heterocycles. The van der Waals surface area contributed by atoms with Gasteiger partial charge in [0.15, 0.2) is 5.78 Å². The lowest BCUT2D eigenvalue weighted by atomic mass is 10.0. The third kappa shape index (κ3) is 4.57. The molecule has 98 valence electrons. The van der Waals surface area contributed by atoms with E-state index in [-0.39, 0.29) is 18.0 Å². The van der Waals surface area contributed by atoms with Crippen molar-refractivity contribution in [2.45, 2.75) is 39.0 Å². The molecule has 4 heteroatoms. The summed E-state index contributed by atoms with van der Waals surface area (Å²) in [5, 5.41) is 18.0. The smallest absolute Gasteiger partial charge is 0.303 e. The molecule has 1 rings (SSSR count). The Morgan fingerprint density at radius 3 is 2.44 bits per heavy atom. The van der Waals surface area contributed by atoms with Crippen molar-refractivity contribution in [1.82, 2.24) is 0 Å². The number of carboxylic acid groups (broad SMARTS) is 1. The molecule has 0 aliphatic heterocycles. The zero-order chi connectivity index (χ0) is 13.5. The number of benzene rings is 1. The number of aryl methyl sites for hydroxylation is 1. The monoisotopic (exact) mass is 250 g/mol.